The standard InChI is InChI=1S/C25H26N4O/c30-24(19-8-9-22-18(13-19)5-4-10-26-22)27-23-20-14-28-11-12-29(15-20)17-25(23,16-28)21-6-2-1-3-7-21/h1-10,13,20,23H,11-12,14-17H2,(H,27,30)/t20?,23-,25?/m0/s1. The van der Waals surface area contributed by atoms with E-state index in [-0.39, 0.29) is 17.4 Å². The minimum absolute atomic E-state index is 0.0252. The molecule has 5 heteroatoms. The fourth-order valence-electron chi connectivity index (χ4n) is 6.01. The van der Waals surface area contributed by atoms with Crippen LogP contribution >= 0.6 is 0 Å². The number of benzene rings is 2. The van der Waals surface area contributed by atoms with Crippen molar-refractivity contribution in [2.24, 2.45) is 5.92 Å². The molecule has 4 bridgehead atoms. The molecule has 152 valence electrons. The Bertz CT molecular complexity index is 1080. The van der Waals surface area contributed by atoms with Crippen molar-refractivity contribution in [2.75, 3.05) is 39.3 Å². The van der Waals surface area contributed by atoms with Gasteiger partial charge in [-0.05, 0) is 29.8 Å². The van der Waals surface area contributed by atoms with Gasteiger partial charge in [0.25, 0.3) is 5.91 Å². The van der Waals surface area contributed by atoms with Gasteiger partial charge in [0.05, 0.1) is 5.52 Å². The zero-order chi connectivity index (χ0) is 20.1. The summed E-state index contributed by atoms with van der Waals surface area (Å²) in [4.78, 5) is 23.0. The van der Waals surface area contributed by atoms with Crippen LogP contribution in [0.5, 0.6) is 0 Å². The first kappa shape index (κ1) is 18.0. The second-order valence-corrected chi connectivity index (χ2v) is 9.11. The van der Waals surface area contributed by atoms with E-state index in [0.29, 0.717) is 11.5 Å². The van der Waals surface area contributed by atoms with Gasteiger partial charge in [-0.25, -0.2) is 0 Å². The van der Waals surface area contributed by atoms with Crippen LogP contribution in [0.25, 0.3) is 10.9 Å². The Labute approximate surface area is 176 Å². The summed E-state index contributed by atoms with van der Waals surface area (Å²) in [5, 5.41) is 4.50. The number of carbonyl (C=O) groups excluding carboxylic acids is 1. The highest BCUT2D eigenvalue weighted by atomic mass is 16.1. The largest absolute Gasteiger partial charge is 0.348 e. The van der Waals surface area contributed by atoms with Gasteiger partial charge in [0.1, 0.15) is 0 Å². The van der Waals surface area contributed by atoms with Gasteiger partial charge >= 0.3 is 0 Å². The van der Waals surface area contributed by atoms with Gasteiger partial charge in [-0.2, -0.15) is 0 Å². The van der Waals surface area contributed by atoms with Gasteiger partial charge in [0.15, 0.2) is 0 Å². The summed E-state index contributed by atoms with van der Waals surface area (Å²) < 4.78 is 0. The highest BCUT2D eigenvalue weighted by Gasteiger charge is 2.55. The van der Waals surface area contributed by atoms with Crippen LogP contribution in [0.3, 0.4) is 0 Å². The minimum atomic E-state index is -0.0625. The molecular formula is C25H26N4O. The van der Waals surface area contributed by atoms with E-state index in [1.54, 1.807) is 6.20 Å². The van der Waals surface area contributed by atoms with E-state index in [4.69, 9.17) is 0 Å². The molecule has 3 atom stereocenters. The molecular weight excluding hydrogens is 372 g/mol. The van der Waals surface area contributed by atoms with E-state index in [0.717, 1.165) is 50.2 Å². The second kappa shape index (κ2) is 6.89. The van der Waals surface area contributed by atoms with Crippen molar-refractivity contribution in [3.8, 4) is 0 Å². The molecule has 7 rings (SSSR count). The molecule has 4 fully saturated rings. The number of aromatic nitrogens is 1. The number of carbonyl (C=O) groups is 1. The Morgan fingerprint density at radius 2 is 1.73 bits per heavy atom. The van der Waals surface area contributed by atoms with Crippen LogP contribution in [0.15, 0.2) is 66.9 Å². The predicted molar refractivity (Wildman–Crippen MR) is 117 cm³/mol. The molecule has 5 nitrogen and oxygen atoms in total. The number of nitrogens with zero attached hydrogens (tertiary/aromatic N) is 3. The van der Waals surface area contributed by atoms with E-state index in [1.165, 1.54) is 5.56 Å². The van der Waals surface area contributed by atoms with Crippen molar-refractivity contribution in [2.45, 2.75) is 11.5 Å². The van der Waals surface area contributed by atoms with Crippen molar-refractivity contribution in [1.29, 1.82) is 0 Å². The summed E-state index contributed by atoms with van der Waals surface area (Å²) in [7, 11) is 0. The molecule has 4 aliphatic rings. The Morgan fingerprint density at radius 3 is 2.50 bits per heavy atom. The first-order chi connectivity index (χ1) is 14.7. The number of nitrogens with one attached hydrogen (secondary N) is 1. The van der Waals surface area contributed by atoms with Crippen LogP contribution < -0.4 is 5.32 Å². The number of pyridine rings is 1. The zero-order valence-corrected chi connectivity index (χ0v) is 17.0. The summed E-state index contributed by atoms with van der Waals surface area (Å²) in [5.41, 5.74) is 2.92. The Hall–Kier alpha value is -2.76. The zero-order valence-electron chi connectivity index (χ0n) is 17.0. The number of fused-ring (bicyclic) bond motifs is 2. The van der Waals surface area contributed by atoms with E-state index < -0.39 is 0 Å². The second-order valence-electron chi connectivity index (χ2n) is 9.11. The molecule has 1 N–H and O–H groups in total. The van der Waals surface area contributed by atoms with Gasteiger partial charge in [-0.1, -0.05) is 36.4 Å². The van der Waals surface area contributed by atoms with Gasteiger partial charge < -0.3 is 15.1 Å². The van der Waals surface area contributed by atoms with Crippen LogP contribution in [-0.4, -0.2) is 66.0 Å². The van der Waals surface area contributed by atoms with E-state index in [2.05, 4.69) is 50.4 Å². The quantitative estimate of drug-likeness (QED) is 0.737. The number of hydrogen-bond donors (Lipinski definition) is 1. The summed E-state index contributed by atoms with van der Waals surface area (Å²) in [6.45, 7) is 6.41. The van der Waals surface area contributed by atoms with Crippen LogP contribution in [-0.2, 0) is 5.41 Å². The van der Waals surface area contributed by atoms with E-state index in [1.807, 2.05) is 30.3 Å². The van der Waals surface area contributed by atoms with E-state index >= 15 is 0 Å². The van der Waals surface area contributed by atoms with Gasteiger partial charge in [-0.15, -0.1) is 0 Å². The van der Waals surface area contributed by atoms with E-state index in [9.17, 15) is 4.79 Å². The lowest BCUT2D eigenvalue weighted by molar-refractivity contribution is 0.0180. The number of piperidine rings is 2. The topological polar surface area (TPSA) is 48.5 Å². The van der Waals surface area contributed by atoms with Crippen molar-refractivity contribution in [1.82, 2.24) is 20.1 Å². The van der Waals surface area contributed by atoms with Gasteiger partial charge in [0, 0.05) is 73.8 Å². The van der Waals surface area contributed by atoms with Gasteiger partial charge in [0.2, 0.25) is 0 Å². The van der Waals surface area contributed by atoms with Crippen LogP contribution in [0.4, 0.5) is 0 Å². The molecule has 1 amide bonds. The highest BCUT2D eigenvalue weighted by Crippen LogP contribution is 2.43. The smallest absolute Gasteiger partial charge is 0.251 e. The lowest BCUT2D eigenvalue weighted by Gasteiger charge is -2.55. The Kier molecular flexibility index (Phi) is 4.15. The lowest BCUT2D eigenvalue weighted by Crippen LogP contribution is -2.70. The van der Waals surface area contributed by atoms with Crippen molar-refractivity contribution in [3.63, 3.8) is 0 Å². The third kappa shape index (κ3) is 2.84. The summed E-state index contributed by atoms with van der Waals surface area (Å²) in [6.07, 6.45) is 1.79. The highest BCUT2D eigenvalue weighted by molar-refractivity contribution is 5.98. The maximum atomic E-state index is 13.4. The SMILES string of the molecule is O=C(N[C@H]1C2CN3CCN(C2)CC1(c1ccccc1)C3)c1ccc2ncccc2c1. The monoisotopic (exact) mass is 398 g/mol. The van der Waals surface area contributed by atoms with Crippen LogP contribution in [0.1, 0.15) is 15.9 Å². The normalized spacial score (nSPS) is 32.1. The average Bonchev–Trinajstić information content (AvgIpc) is 3.04. The molecule has 3 aromatic rings. The molecule has 2 unspecified atom stereocenters. The third-order valence-corrected chi connectivity index (χ3v) is 7.30. The first-order valence-electron chi connectivity index (χ1n) is 10.9. The molecule has 0 radical (unpaired) electrons. The number of rotatable bonds is 3. The summed E-state index contributed by atoms with van der Waals surface area (Å²) in [5.74, 6) is 0.471. The molecule has 2 aromatic carbocycles. The fraction of sp³-hybridized carbons (Fsp3) is 0.360. The maximum absolute atomic E-state index is 13.4. The summed E-state index contributed by atoms with van der Waals surface area (Å²) in [6, 6.07) is 20.7. The van der Waals surface area contributed by atoms with Crippen LogP contribution in [0.2, 0.25) is 0 Å². The lowest BCUT2D eigenvalue weighted by atomic mass is 9.64. The van der Waals surface area contributed by atoms with Gasteiger partial charge in [-0.3, -0.25) is 9.78 Å². The fourth-order valence-corrected chi connectivity index (χ4v) is 6.01. The summed E-state index contributed by atoms with van der Waals surface area (Å²) >= 11 is 0. The maximum Gasteiger partial charge on any atom is 0.251 e. The minimum Gasteiger partial charge on any atom is -0.348 e. The molecule has 0 aliphatic carbocycles. The Balaban J connectivity index is 1.37. The third-order valence-electron chi connectivity index (χ3n) is 7.30. The molecule has 0 spiro atoms. The molecule has 4 saturated heterocycles. The van der Waals surface area contributed by atoms with Crippen molar-refractivity contribution in [3.05, 3.63) is 78.0 Å². The van der Waals surface area contributed by atoms with Crippen LogP contribution in [0, 0.1) is 5.92 Å². The molecule has 0 saturated carbocycles. The number of hydrogen-bond acceptors (Lipinski definition) is 4. The average molecular weight is 399 g/mol. The molecule has 1 aromatic heterocycles. The predicted octanol–water partition coefficient (Wildman–Crippen LogP) is 2.53. The Morgan fingerprint density at radius 1 is 0.967 bits per heavy atom. The molecule has 4 aliphatic heterocycles. The molecule has 30 heavy (non-hydrogen) atoms. The first-order valence-corrected chi connectivity index (χ1v) is 10.9. The van der Waals surface area contributed by atoms with Crippen molar-refractivity contribution < 1.29 is 4.79 Å². The van der Waals surface area contributed by atoms with Crippen molar-refractivity contribution >= 4 is 16.8 Å². The molecule has 5 heterocycles. The number of amides is 1.